The Morgan fingerprint density at radius 3 is 2.63 bits per heavy atom. The van der Waals surface area contributed by atoms with Gasteiger partial charge in [-0.15, -0.1) is 0 Å². The standard InChI is InChI=1S/C22H24ClN5O2/c1-15(21(29)26-18-6-5-16-7-8-24-20(16)14-18)25-22(30)28-11-9-27(10-12-28)19-4-2-3-17(23)13-19/h2-8,13-15,24H,9-12H2,1H3,(H,25,30)(H,26,29)/t15-/m0/s1. The number of carbonyl (C=O) groups excluding carboxylic acids is 2. The Kier molecular flexibility index (Phi) is 5.81. The summed E-state index contributed by atoms with van der Waals surface area (Å²) in [5, 5.41) is 7.42. The number of nitrogens with zero attached hydrogens (tertiary/aromatic N) is 2. The van der Waals surface area contributed by atoms with Gasteiger partial charge in [-0.05, 0) is 48.7 Å². The molecule has 156 valence electrons. The van der Waals surface area contributed by atoms with Crippen LogP contribution >= 0.6 is 11.6 Å². The number of piperazine rings is 1. The van der Waals surface area contributed by atoms with Crippen molar-refractivity contribution in [3.05, 3.63) is 59.8 Å². The second-order valence-corrected chi connectivity index (χ2v) is 7.83. The van der Waals surface area contributed by atoms with Crippen molar-refractivity contribution in [2.75, 3.05) is 36.4 Å². The molecule has 0 unspecified atom stereocenters. The van der Waals surface area contributed by atoms with Crippen LogP contribution in [0.4, 0.5) is 16.2 Å². The number of urea groups is 1. The number of hydrogen-bond donors (Lipinski definition) is 3. The van der Waals surface area contributed by atoms with Crippen LogP contribution in [-0.2, 0) is 4.79 Å². The lowest BCUT2D eigenvalue weighted by Crippen LogP contribution is -2.54. The van der Waals surface area contributed by atoms with Crippen molar-refractivity contribution >= 4 is 45.8 Å². The highest BCUT2D eigenvalue weighted by Crippen LogP contribution is 2.21. The summed E-state index contributed by atoms with van der Waals surface area (Å²) in [4.78, 5) is 32.1. The van der Waals surface area contributed by atoms with Crippen molar-refractivity contribution < 1.29 is 9.59 Å². The van der Waals surface area contributed by atoms with E-state index in [4.69, 9.17) is 11.6 Å². The monoisotopic (exact) mass is 425 g/mol. The van der Waals surface area contributed by atoms with E-state index in [9.17, 15) is 9.59 Å². The molecule has 1 aliphatic rings. The molecule has 0 aliphatic carbocycles. The number of nitrogens with one attached hydrogen (secondary N) is 3. The molecule has 30 heavy (non-hydrogen) atoms. The minimum Gasteiger partial charge on any atom is -0.368 e. The van der Waals surface area contributed by atoms with Crippen LogP contribution in [-0.4, -0.2) is 54.0 Å². The predicted molar refractivity (Wildman–Crippen MR) is 120 cm³/mol. The third-order valence-corrected chi connectivity index (χ3v) is 5.53. The van der Waals surface area contributed by atoms with Gasteiger partial charge in [0.15, 0.2) is 0 Å². The molecule has 3 amide bonds. The Labute approximate surface area is 180 Å². The quantitative estimate of drug-likeness (QED) is 0.596. The number of fused-ring (bicyclic) bond motifs is 1. The van der Waals surface area contributed by atoms with Crippen molar-refractivity contribution in [1.82, 2.24) is 15.2 Å². The first kappa shape index (κ1) is 20.1. The van der Waals surface area contributed by atoms with Gasteiger partial charge in [0.25, 0.3) is 0 Å². The summed E-state index contributed by atoms with van der Waals surface area (Å²) >= 11 is 6.07. The van der Waals surface area contributed by atoms with Gasteiger partial charge in [-0.3, -0.25) is 4.79 Å². The van der Waals surface area contributed by atoms with Crippen molar-refractivity contribution in [1.29, 1.82) is 0 Å². The molecule has 1 saturated heterocycles. The minimum absolute atomic E-state index is 0.233. The summed E-state index contributed by atoms with van der Waals surface area (Å²) in [5.41, 5.74) is 2.68. The molecule has 1 aliphatic heterocycles. The highest BCUT2D eigenvalue weighted by Gasteiger charge is 2.24. The number of aromatic amines is 1. The highest BCUT2D eigenvalue weighted by molar-refractivity contribution is 6.30. The van der Waals surface area contributed by atoms with E-state index in [2.05, 4.69) is 20.5 Å². The second-order valence-electron chi connectivity index (χ2n) is 7.39. The predicted octanol–water partition coefficient (Wildman–Crippen LogP) is 3.68. The second kappa shape index (κ2) is 8.67. The van der Waals surface area contributed by atoms with Gasteiger partial charge in [0.1, 0.15) is 6.04 Å². The Bertz CT molecular complexity index is 1060. The molecule has 0 spiro atoms. The number of rotatable bonds is 4. The van der Waals surface area contributed by atoms with Gasteiger partial charge in [-0.25, -0.2) is 4.79 Å². The van der Waals surface area contributed by atoms with E-state index in [1.165, 1.54) is 0 Å². The molecule has 3 N–H and O–H groups in total. The molecular weight excluding hydrogens is 402 g/mol. The summed E-state index contributed by atoms with van der Waals surface area (Å²) in [6.45, 7) is 4.27. The molecule has 1 fully saturated rings. The van der Waals surface area contributed by atoms with Crippen LogP contribution in [0.15, 0.2) is 54.7 Å². The zero-order valence-electron chi connectivity index (χ0n) is 16.7. The molecule has 2 aromatic carbocycles. The maximum absolute atomic E-state index is 12.6. The average molecular weight is 426 g/mol. The average Bonchev–Trinajstić information content (AvgIpc) is 3.21. The topological polar surface area (TPSA) is 80.5 Å². The maximum atomic E-state index is 12.6. The third-order valence-electron chi connectivity index (χ3n) is 5.30. The van der Waals surface area contributed by atoms with Gasteiger partial charge in [0.05, 0.1) is 0 Å². The van der Waals surface area contributed by atoms with Crippen molar-refractivity contribution in [3.8, 4) is 0 Å². The van der Waals surface area contributed by atoms with Crippen LogP contribution in [0.1, 0.15) is 6.92 Å². The van der Waals surface area contributed by atoms with Crippen LogP contribution in [0.5, 0.6) is 0 Å². The van der Waals surface area contributed by atoms with Crippen LogP contribution in [0.3, 0.4) is 0 Å². The molecule has 0 saturated carbocycles. The first-order valence-corrected chi connectivity index (χ1v) is 10.3. The summed E-state index contributed by atoms with van der Waals surface area (Å²) in [7, 11) is 0. The smallest absolute Gasteiger partial charge is 0.318 e. The molecule has 3 aromatic rings. The van der Waals surface area contributed by atoms with Crippen LogP contribution < -0.4 is 15.5 Å². The maximum Gasteiger partial charge on any atom is 0.318 e. The Morgan fingerprint density at radius 1 is 1.07 bits per heavy atom. The molecule has 1 atom stereocenters. The normalized spacial score (nSPS) is 15.1. The van der Waals surface area contributed by atoms with Gasteiger partial charge in [-0.1, -0.05) is 23.7 Å². The highest BCUT2D eigenvalue weighted by atomic mass is 35.5. The van der Waals surface area contributed by atoms with Crippen molar-refractivity contribution in [2.45, 2.75) is 13.0 Å². The number of carbonyl (C=O) groups is 2. The summed E-state index contributed by atoms with van der Waals surface area (Å²) < 4.78 is 0. The lowest BCUT2D eigenvalue weighted by atomic mass is 10.2. The fourth-order valence-electron chi connectivity index (χ4n) is 3.56. The first-order chi connectivity index (χ1) is 14.5. The lowest BCUT2D eigenvalue weighted by Gasteiger charge is -2.36. The SMILES string of the molecule is C[C@H](NC(=O)N1CCN(c2cccc(Cl)c2)CC1)C(=O)Nc1ccc2cc[nH]c2c1. The van der Waals surface area contributed by atoms with Gasteiger partial charge < -0.3 is 25.4 Å². The number of H-pyrrole nitrogens is 1. The number of aromatic nitrogens is 1. The number of halogens is 1. The van der Waals surface area contributed by atoms with E-state index in [1.807, 2.05) is 54.7 Å². The summed E-state index contributed by atoms with van der Waals surface area (Å²) in [6, 6.07) is 14.4. The van der Waals surface area contributed by atoms with Crippen LogP contribution in [0, 0.1) is 0 Å². The van der Waals surface area contributed by atoms with Gasteiger partial charge in [-0.2, -0.15) is 0 Å². The number of amides is 3. The van der Waals surface area contributed by atoms with Gasteiger partial charge in [0.2, 0.25) is 5.91 Å². The molecule has 4 rings (SSSR count). The first-order valence-electron chi connectivity index (χ1n) is 9.93. The Morgan fingerprint density at radius 2 is 1.87 bits per heavy atom. The summed E-state index contributed by atoms with van der Waals surface area (Å²) in [5.74, 6) is -0.258. The molecule has 0 bridgehead atoms. The van der Waals surface area contributed by atoms with Gasteiger partial charge in [0, 0.05) is 54.3 Å². The third kappa shape index (κ3) is 4.52. The van der Waals surface area contributed by atoms with E-state index in [-0.39, 0.29) is 11.9 Å². The molecule has 0 radical (unpaired) electrons. The Hall–Kier alpha value is -3.19. The number of benzene rings is 2. The largest absolute Gasteiger partial charge is 0.368 e. The fraction of sp³-hybridized carbons (Fsp3) is 0.273. The van der Waals surface area contributed by atoms with Gasteiger partial charge >= 0.3 is 6.03 Å². The fourth-order valence-corrected chi connectivity index (χ4v) is 3.74. The van der Waals surface area contributed by atoms with E-state index >= 15 is 0 Å². The van der Waals surface area contributed by atoms with E-state index in [1.54, 1.807) is 11.8 Å². The molecule has 7 nitrogen and oxygen atoms in total. The molecular formula is C22H24ClN5O2. The lowest BCUT2D eigenvalue weighted by molar-refractivity contribution is -0.117. The zero-order chi connectivity index (χ0) is 21.1. The van der Waals surface area contributed by atoms with Crippen molar-refractivity contribution in [2.24, 2.45) is 0 Å². The van der Waals surface area contributed by atoms with E-state index in [0.29, 0.717) is 36.9 Å². The van der Waals surface area contributed by atoms with Crippen LogP contribution in [0.2, 0.25) is 5.02 Å². The minimum atomic E-state index is -0.650. The van der Waals surface area contributed by atoms with E-state index in [0.717, 1.165) is 16.6 Å². The molecule has 2 heterocycles. The van der Waals surface area contributed by atoms with Crippen LogP contribution in [0.25, 0.3) is 10.9 Å². The van der Waals surface area contributed by atoms with E-state index < -0.39 is 6.04 Å². The Balaban J connectivity index is 1.28. The molecule has 8 heteroatoms. The number of anilines is 2. The summed E-state index contributed by atoms with van der Waals surface area (Å²) in [6.07, 6.45) is 1.85. The van der Waals surface area contributed by atoms with Crippen molar-refractivity contribution in [3.63, 3.8) is 0 Å². The molecule has 1 aromatic heterocycles. The zero-order valence-corrected chi connectivity index (χ0v) is 17.4. The number of hydrogen-bond acceptors (Lipinski definition) is 3.